The Morgan fingerprint density at radius 1 is 1.44 bits per heavy atom. The van der Waals surface area contributed by atoms with E-state index in [0.29, 0.717) is 16.9 Å². The second-order valence-corrected chi connectivity index (χ2v) is 3.91. The SMILES string of the molecule is Cc1cnc(C(C)Nc2cccc(Cl)n2)o1. The van der Waals surface area contributed by atoms with Gasteiger partial charge in [-0.1, -0.05) is 17.7 Å². The maximum Gasteiger partial charge on any atom is 0.216 e. The third-order valence-electron chi connectivity index (χ3n) is 2.09. The van der Waals surface area contributed by atoms with E-state index >= 15 is 0 Å². The van der Waals surface area contributed by atoms with E-state index < -0.39 is 0 Å². The van der Waals surface area contributed by atoms with Crippen molar-refractivity contribution in [3.63, 3.8) is 0 Å². The van der Waals surface area contributed by atoms with Crippen LogP contribution in [0.1, 0.15) is 24.6 Å². The molecule has 2 heterocycles. The van der Waals surface area contributed by atoms with Gasteiger partial charge in [0.2, 0.25) is 5.89 Å². The minimum absolute atomic E-state index is 0.0420. The smallest absolute Gasteiger partial charge is 0.216 e. The maximum atomic E-state index is 5.79. The molecule has 0 radical (unpaired) electrons. The lowest BCUT2D eigenvalue weighted by molar-refractivity contribution is 0.453. The molecular weight excluding hydrogens is 226 g/mol. The Morgan fingerprint density at radius 3 is 2.88 bits per heavy atom. The molecule has 5 heteroatoms. The van der Waals surface area contributed by atoms with Crippen LogP contribution in [0.4, 0.5) is 5.82 Å². The molecule has 1 atom stereocenters. The molecule has 0 saturated carbocycles. The van der Waals surface area contributed by atoms with Gasteiger partial charge in [-0.25, -0.2) is 9.97 Å². The van der Waals surface area contributed by atoms with Gasteiger partial charge in [0, 0.05) is 0 Å². The highest BCUT2D eigenvalue weighted by atomic mass is 35.5. The van der Waals surface area contributed by atoms with E-state index in [1.807, 2.05) is 26.0 Å². The summed E-state index contributed by atoms with van der Waals surface area (Å²) in [6, 6.07) is 5.37. The number of pyridine rings is 1. The Balaban J connectivity index is 2.10. The highest BCUT2D eigenvalue weighted by molar-refractivity contribution is 6.29. The monoisotopic (exact) mass is 237 g/mol. The number of halogens is 1. The summed E-state index contributed by atoms with van der Waals surface area (Å²) in [5.74, 6) is 2.14. The molecule has 2 aromatic rings. The Labute approximate surface area is 98.7 Å². The van der Waals surface area contributed by atoms with E-state index in [9.17, 15) is 0 Å². The Morgan fingerprint density at radius 2 is 2.25 bits per heavy atom. The predicted molar refractivity (Wildman–Crippen MR) is 62.5 cm³/mol. The molecule has 84 valence electrons. The van der Waals surface area contributed by atoms with E-state index in [1.54, 1.807) is 12.3 Å². The van der Waals surface area contributed by atoms with Crippen molar-refractivity contribution < 1.29 is 4.42 Å². The summed E-state index contributed by atoms with van der Waals surface area (Å²) in [6.45, 7) is 3.81. The van der Waals surface area contributed by atoms with Crippen LogP contribution in [-0.2, 0) is 0 Å². The van der Waals surface area contributed by atoms with E-state index in [2.05, 4.69) is 15.3 Å². The number of aryl methyl sites for hydroxylation is 1. The normalized spacial score (nSPS) is 12.4. The molecule has 0 aliphatic heterocycles. The van der Waals surface area contributed by atoms with Crippen LogP contribution in [0.2, 0.25) is 5.15 Å². The first-order valence-corrected chi connectivity index (χ1v) is 5.34. The minimum Gasteiger partial charge on any atom is -0.444 e. The molecule has 0 amide bonds. The van der Waals surface area contributed by atoms with Crippen molar-refractivity contribution in [3.05, 3.63) is 41.2 Å². The standard InChI is InChI=1S/C11H12ClN3O/c1-7-6-13-11(16-7)8(2)14-10-5-3-4-9(12)15-10/h3-6,8H,1-2H3,(H,14,15). The summed E-state index contributed by atoms with van der Waals surface area (Å²) in [4.78, 5) is 8.27. The minimum atomic E-state index is -0.0420. The van der Waals surface area contributed by atoms with Crippen LogP contribution < -0.4 is 5.32 Å². The molecule has 1 N–H and O–H groups in total. The summed E-state index contributed by atoms with van der Waals surface area (Å²) >= 11 is 5.79. The molecule has 0 fully saturated rings. The molecule has 1 unspecified atom stereocenters. The molecule has 16 heavy (non-hydrogen) atoms. The summed E-state index contributed by atoms with van der Waals surface area (Å²) < 4.78 is 5.41. The number of aromatic nitrogens is 2. The topological polar surface area (TPSA) is 51.0 Å². The average molecular weight is 238 g/mol. The van der Waals surface area contributed by atoms with Gasteiger partial charge in [-0.3, -0.25) is 0 Å². The van der Waals surface area contributed by atoms with E-state index in [4.69, 9.17) is 16.0 Å². The zero-order valence-corrected chi connectivity index (χ0v) is 9.82. The van der Waals surface area contributed by atoms with Crippen molar-refractivity contribution >= 4 is 17.4 Å². The first-order chi connectivity index (χ1) is 7.65. The quantitative estimate of drug-likeness (QED) is 0.833. The number of hydrogen-bond donors (Lipinski definition) is 1. The van der Waals surface area contributed by atoms with Gasteiger partial charge in [-0.05, 0) is 26.0 Å². The van der Waals surface area contributed by atoms with Crippen LogP contribution in [0.5, 0.6) is 0 Å². The summed E-state index contributed by atoms with van der Waals surface area (Å²) in [5, 5.41) is 3.62. The summed E-state index contributed by atoms with van der Waals surface area (Å²) in [7, 11) is 0. The van der Waals surface area contributed by atoms with Crippen LogP contribution in [-0.4, -0.2) is 9.97 Å². The fourth-order valence-electron chi connectivity index (χ4n) is 1.34. The molecule has 0 spiro atoms. The largest absolute Gasteiger partial charge is 0.444 e. The lowest BCUT2D eigenvalue weighted by Crippen LogP contribution is -2.08. The maximum absolute atomic E-state index is 5.79. The van der Waals surface area contributed by atoms with Gasteiger partial charge in [0.15, 0.2) is 0 Å². The number of anilines is 1. The van der Waals surface area contributed by atoms with Gasteiger partial charge in [-0.15, -0.1) is 0 Å². The van der Waals surface area contributed by atoms with Crippen LogP contribution in [0.25, 0.3) is 0 Å². The highest BCUT2D eigenvalue weighted by Crippen LogP contribution is 2.18. The van der Waals surface area contributed by atoms with Crippen LogP contribution >= 0.6 is 11.6 Å². The lowest BCUT2D eigenvalue weighted by atomic mass is 10.3. The third-order valence-corrected chi connectivity index (χ3v) is 2.30. The van der Waals surface area contributed by atoms with Crippen molar-refractivity contribution in [3.8, 4) is 0 Å². The van der Waals surface area contributed by atoms with E-state index in [1.165, 1.54) is 0 Å². The van der Waals surface area contributed by atoms with Crippen LogP contribution in [0.3, 0.4) is 0 Å². The third kappa shape index (κ3) is 2.52. The number of nitrogens with one attached hydrogen (secondary N) is 1. The fraction of sp³-hybridized carbons (Fsp3) is 0.273. The van der Waals surface area contributed by atoms with Gasteiger partial charge in [0.1, 0.15) is 22.8 Å². The summed E-state index contributed by atoms with van der Waals surface area (Å²) in [6.07, 6.45) is 1.69. The number of nitrogens with zero attached hydrogens (tertiary/aromatic N) is 2. The van der Waals surface area contributed by atoms with Crippen molar-refractivity contribution in [2.75, 3.05) is 5.32 Å². The molecule has 0 saturated heterocycles. The van der Waals surface area contributed by atoms with Crippen LogP contribution in [0, 0.1) is 6.92 Å². The number of rotatable bonds is 3. The zero-order chi connectivity index (χ0) is 11.5. The zero-order valence-electron chi connectivity index (χ0n) is 9.07. The molecule has 0 aromatic carbocycles. The summed E-state index contributed by atoms with van der Waals surface area (Å²) in [5.41, 5.74) is 0. The van der Waals surface area contributed by atoms with Gasteiger partial charge < -0.3 is 9.73 Å². The first kappa shape index (κ1) is 11.0. The van der Waals surface area contributed by atoms with Crippen molar-refractivity contribution in [2.45, 2.75) is 19.9 Å². The van der Waals surface area contributed by atoms with Crippen molar-refractivity contribution in [2.24, 2.45) is 0 Å². The number of hydrogen-bond acceptors (Lipinski definition) is 4. The molecular formula is C11H12ClN3O. The Hall–Kier alpha value is -1.55. The molecule has 2 aromatic heterocycles. The first-order valence-electron chi connectivity index (χ1n) is 4.96. The lowest BCUT2D eigenvalue weighted by Gasteiger charge is -2.10. The van der Waals surface area contributed by atoms with Gasteiger partial charge in [0.05, 0.1) is 6.20 Å². The molecule has 0 bridgehead atoms. The molecule has 4 nitrogen and oxygen atoms in total. The van der Waals surface area contributed by atoms with Crippen molar-refractivity contribution in [1.29, 1.82) is 0 Å². The number of oxazole rings is 1. The second kappa shape index (κ2) is 4.53. The van der Waals surface area contributed by atoms with Gasteiger partial charge in [0.25, 0.3) is 0 Å². The Kier molecular flexibility index (Phi) is 3.10. The molecule has 0 aliphatic carbocycles. The Bertz CT molecular complexity index is 484. The fourth-order valence-corrected chi connectivity index (χ4v) is 1.51. The average Bonchev–Trinajstić information content (AvgIpc) is 2.65. The van der Waals surface area contributed by atoms with Gasteiger partial charge >= 0.3 is 0 Å². The molecule has 0 aliphatic rings. The van der Waals surface area contributed by atoms with Crippen molar-refractivity contribution in [1.82, 2.24) is 9.97 Å². The second-order valence-electron chi connectivity index (χ2n) is 3.52. The highest BCUT2D eigenvalue weighted by Gasteiger charge is 2.11. The van der Waals surface area contributed by atoms with E-state index in [0.717, 1.165) is 5.76 Å². The van der Waals surface area contributed by atoms with Gasteiger partial charge in [-0.2, -0.15) is 0 Å². The van der Waals surface area contributed by atoms with E-state index in [-0.39, 0.29) is 6.04 Å². The molecule has 2 rings (SSSR count). The van der Waals surface area contributed by atoms with Crippen LogP contribution in [0.15, 0.2) is 28.8 Å². The predicted octanol–water partition coefficient (Wildman–Crippen LogP) is 3.20.